The molecule has 0 aromatic rings. The molecule has 0 aromatic carbocycles. The van der Waals surface area contributed by atoms with E-state index in [9.17, 15) is 0 Å². The zero-order chi connectivity index (χ0) is 11.0. The molecule has 3 atom stereocenters. The van der Waals surface area contributed by atoms with E-state index in [2.05, 4.69) is 22.2 Å². The van der Waals surface area contributed by atoms with Crippen molar-refractivity contribution in [1.82, 2.24) is 15.1 Å². The molecule has 0 amide bonds. The minimum absolute atomic E-state index is 0.761. The highest BCUT2D eigenvalue weighted by molar-refractivity contribution is 4.96. The molecule has 3 saturated heterocycles. The van der Waals surface area contributed by atoms with Gasteiger partial charge in [0.15, 0.2) is 0 Å². The molecule has 0 spiro atoms. The molecule has 3 unspecified atom stereocenters. The fourth-order valence-electron chi connectivity index (χ4n) is 3.82. The lowest BCUT2D eigenvalue weighted by Crippen LogP contribution is -2.48. The number of likely N-dealkylation sites (N-methyl/N-ethyl adjacent to an activating group) is 1. The Hall–Kier alpha value is -0.120. The molecule has 92 valence electrons. The van der Waals surface area contributed by atoms with Crippen LogP contribution in [0, 0.1) is 0 Å². The fraction of sp³-hybridized carbons (Fsp3) is 1.00. The monoisotopic (exact) mass is 223 g/mol. The third-order valence-electron chi connectivity index (χ3n) is 4.70. The maximum absolute atomic E-state index is 3.92. The Kier molecular flexibility index (Phi) is 3.18. The van der Waals surface area contributed by atoms with E-state index in [0.717, 1.165) is 18.1 Å². The number of rotatable bonds is 2. The summed E-state index contributed by atoms with van der Waals surface area (Å²) in [7, 11) is 2.24. The summed E-state index contributed by atoms with van der Waals surface area (Å²) in [6, 6.07) is 2.41. The first-order valence-corrected chi connectivity index (χ1v) is 7.01. The van der Waals surface area contributed by atoms with Gasteiger partial charge >= 0.3 is 0 Å². The van der Waals surface area contributed by atoms with Crippen molar-refractivity contribution in [2.75, 3.05) is 33.2 Å². The molecule has 3 aliphatic rings. The van der Waals surface area contributed by atoms with Crippen LogP contribution in [0.5, 0.6) is 0 Å². The minimum Gasteiger partial charge on any atom is -0.308 e. The molecule has 0 bridgehead atoms. The van der Waals surface area contributed by atoms with Crippen LogP contribution in [-0.4, -0.2) is 61.2 Å². The first-order valence-electron chi connectivity index (χ1n) is 7.01. The predicted octanol–water partition coefficient (Wildman–Crippen LogP) is 0.907. The lowest BCUT2D eigenvalue weighted by atomic mass is 9.98. The highest BCUT2D eigenvalue weighted by Gasteiger charge is 2.36. The van der Waals surface area contributed by atoms with Gasteiger partial charge in [0.05, 0.1) is 0 Å². The summed E-state index contributed by atoms with van der Waals surface area (Å²) in [6.45, 7) is 5.22. The van der Waals surface area contributed by atoms with Crippen LogP contribution in [0.3, 0.4) is 0 Å². The van der Waals surface area contributed by atoms with E-state index < -0.39 is 0 Å². The van der Waals surface area contributed by atoms with Crippen LogP contribution in [-0.2, 0) is 0 Å². The summed E-state index contributed by atoms with van der Waals surface area (Å²) in [5.74, 6) is 0. The summed E-state index contributed by atoms with van der Waals surface area (Å²) in [6.07, 6.45) is 7.03. The second kappa shape index (κ2) is 4.63. The molecular weight excluding hydrogens is 198 g/mol. The lowest BCUT2D eigenvalue weighted by molar-refractivity contribution is 0.176. The van der Waals surface area contributed by atoms with Crippen molar-refractivity contribution in [3.8, 4) is 0 Å². The Balaban J connectivity index is 1.55. The van der Waals surface area contributed by atoms with E-state index in [4.69, 9.17) is 0 Å². The van der Waals surface area contributed by atoms with Gasteiger partial charge in [-0.15, -0.1) is 0 Å². The lowest BCUT2D eigenvalue weighted by Gasteiger charge is -2.33. The Morgan fingerprint density at radius 3 is 2.75 bits per heavy atom. The minimum atomic E-state index is 0.761. The number of hydrogen-bond acceptors (Lipinski definition) is 3. The standard InChI is InChI=1S/C13H25N3/c1-15-8-5-11(10-15)14-12-6-9-16-7-3-2-4-13(12)16/h11-14H,2-10H2,1H3. The summed E-state index contributed by atoms with van der Waals surface area (Å²) in [4.78, 5) is 5.17. The van der Waals surface area contributed by atoms with E-state index in [-0.39, 0.29) is 0 Å². The van der Waals surface area contributed by atoms with Crippen molar-refractivity contribution in [3.05, 3.63) is 0 Å². The maximum atomic E-state index is 3.92. The number of nitrogens with zero attached hydrogens (tertiary/aromatic N) is 2. The highest BCUT2D eigenvalue weighted by atomic mass is 15.2. The average molecular weight is 223 g/mol. The zero-order valence-electron chi connectivity index (χ0n) is 10.5. The first kappa shape index (κ1) is 11.0. The molecule has 3 nitrogen and oxygen atoms in total. The van der Waals surface area contributed by atoms with Gasteiger partial charge in [-0.3, -0.25) is 4.90 Å². The van der Waals surface area contributed by atoms with Crippen molar-refractivity contribution in [2.24, 2.45) is 0 Å². The van der Waals surface area contributed by atoms with Gasteiger partial charge in [-0.05, 0) is 45.8 Å². The van der Waals surface area contributed by atoms with E-state index >= 15 is 0 Å². The summed E-state index contributed by atoms with van der Waals surface area (Å²) >= 11 is 0. The van der Waals surface area contributed by atoms with E-state index in [1.54, 1.807) is 0 Å². The van der Waals surface area contributed by atoms with E-state index in [1.165, 1.54) is 58.3 Å². The molecule has 1 N–H and O–H groups in total. The van der Waals surface area contributed by atoms with Crippen LogP contribution in [0.2, 0.25) is 0 Å². The van der Waals surface area contributed by atoms with Crippen molar-refractivity contribution in [2.45, 2.75) is 50.2 Å². The number of hydrogen-bond donors (Lipinski definition) is 1. The summed E-state index contributed by atoms with van der Waals surface area (Å²) in [5.41, 5.74) is 0. The van der Waals surface area contributed by atoms with E-state index in [0.29, 0.717) is 0 Å². The van der Waals surface area contributed by atoms with Crippen molar-refractivity contribution >= 4 is 0 Å². The third-order valence-corrected chi connectivity index (χ3v) is 4.70. The molecule has 3 heterocycles. The number of fused-ring (bicyclic) bond motifs is 1. The Morgan fingerprint density at radius 2 is 1.94 bits per heavy atom. The van der Waals surface area contributed by atoms with Gasteiger partial charge in [-0.25, -0.2) is 0 Å². The topological polar surface area (TPSA) is 18.5 Å². The van der Waals surface area contributed by atoms with Gasteiger partial charge in [0.25, 0.3) is 0 Å². The van der Waals surface area contributed by atoms with Crippen LogP contribution >= 0.6 is 0 Å². The molecule has 3 heteroatoms. The van der Waals surface area contributed by atoms with Crippen molar-refractivity contribution < 1.29 is 0 Å². The SMILES string of the molecule is CN1CCC(NC2CCN3CCCCC23)C1. The first-order chi connectivity index (χ1) is 7.83. The molecule has 0 aliphatic carbocycles. The normalized spacial score (nSPS) is 41.4. The van der Waals surface area contributed by atoms with Crippen LogP contribution in [0.25, 0.3) is 0 Å². The maximum Gasteiger partial charge on any atom is 0.0249 e. The third kappa shape index (κ3) is 2.13. The Labute approximate surface area is 99.2 Å². The smallest absolute Gasteiger partial charge is 0.0249 e. The van der Waals surface area contributed by atoms with Gasteiger partial charge in [0, 0.05) is 31.2 Å². The molecule has 0 saturated carbocycles. The van der Waals surface area contributed by atoms with Gasteiger partial charge < -0.3 is 10.2 Å². The van der Waals surface area contributed by atoms with Gasteiger partial charge in [0.2, 0.25) is 0 Å². The van der Waals surface area contributed by atoms with Crippen molar-refractivity contribution in [1.29, 1.82) is 0 Å². The zero-order valence-corrected chi connectivity index (χ0v) is 10.5. The molecule has 3 fully saturated rings. The molecule has 3 aliphatic heterocycles. The van der Waals surface area contributed by atoms with Crippen LogP contribution < -0.4 is 5.32 Å². The second-order valence-electron chi connectivity index (χ2n) is 5.91. The van der Waals surface area contributed by atoms with Crippen LogP contribution in [0.1, 0.15) is 32.1 Å². The average Bonchev–Trinajstić information content (AvgIpc) is 2.87. The quantitative estimate of drug-likeness (QED) is 0.750. The molecule has 0 radical (unpaired) electrons. The number of nitrogens with one attached hydrogen (secondary N) is 1. The van der Waals surface area contributed by atoms with Gasteiger partial charge in [0.1, 0.15) is 0 Å². The van der Waals surface area contributed by atoms with E-state index in [1.807, 2.05) is 0 Å². The van der Waals surface area contributed by atoms with Crippen LogP contribution in [0.15, 0.2) is 0 Å². The summed E-state index contributed by atoms with van der Waals surface area (Å²) in [5, 5.41) is 3.92. The number of piperidine rings is 1. The highest BCUT2D eigenvalue weighted by Crippen LogP contribution is 2.27. The predicted molar refractivity (Wildman–Crippen MR) is 66.7 cm³/mol. The molecule has 16 heavy (non-hydrogen) atoms. The van der Waals surface area contributed by atoms with Crippen LogP contribution in [0.4, 0.5) is 0 Å². The molecule has 0 aromatic heterocycles. The van der Waals surface area contributed by atoms with Gasteiger partial charge in [-0.2, -0.15) is 0 Å². The van der Waals surface area contributed by atoms with Gasteiger partial charge in [-0.1, -0.05) is 6.42 Å². The summed E-state index contributed by atoms with van der Waals surface area (Å²) < 4.78 is 0. The largest absolute Gasteiger partial charge is 0.308 e. The second-order valence-corrected chi connectivity index (χ2v) is 5.91. The van der Waals surface area contributed by atoms with Crippen molar-refractivity contribution in [3.63, 3.8) is 0 Å². The Bertz CT molecular complexity index is 243. The molecule has 3 rings (SSSR count). The Morgan fingerprint density at radius 1 is 1.00 bits per heavy atom. The fourth-order valence-corrected chi connectivity index (χ4v) is 3.82. The molecular formula is C13H25N3. The number of likely N-dealkylation sites (tertiary alicyclic amines) is 1.